The van der Waals surface area contributed by atoms with Gasteiger partial charge in [0.1, 0.15) is 5.75 Å². The lowest BCUT2D eigenvalue weighted by Crippen LogP contribution is -1.98. The van der Waals surface area contributed by atoms with Gasteiger partial charge in [-0.3, -0.25) is 0 Å². The van der Waals surface area contributed by atoms with Gasteiger partial charge in [0.25, 0.3) is 0 Å². The molecule has 0 saturated carbocycles. The Morgan fingerprint density at radius 1 is 0.810 bits per heavy atom. The molecule has 0 aromatic heterocycles. The number of rotatable bonds is 6. The predicted octanol–water partition coefficient (Wildman–Crippen LogP) is 3.97. The fraction of sp³-hybridized carbons (Fsp3) is 0.222. The van der Waals surface area contributed by atoms with Crippen molar-refractivity contribution in [3.63, 3.8) is 0 Å². The van der Waals surface area contributed by atoms with Crippen LogP contribution in [-0.2, 0) is 6.42 Å². The predicted molar refractivity (Wildman–Crippen MR) is 85.3 cm³/mol. The molecule has 21 heavy (non-hydrogen) atoms. The van der Waals surface area contributed by atoms with E-state index in [0.29, 0.717) is 12.2 Å². The highest BCUT2D eigenvalue weighted by molar-refractivity contribution is 5.56. The summed E-state index contributed by atoms with van der Waals surface area (Å²) in [5.74, 6) is 2.22. The maximum absolute atomic E-state index is 5.47. The Morgan fingerprint density at radius 3 is 2.10 bits per heavy atom. The largest absolute Gasteiger partial charge is 0.496 e. The smallest absolute Gasteiger partial charge is 0.167 e. The molecule has 3 nitrogen and oxygen atoms in total. The highest BCUT2D eigenvalue weighted by Crippen LogP contribution is 2.37. The van der Waals surface area contributed by atoms with Crippen LogP contribution in [0.3, 0.4) is 0 Å². The van der Waals surface area contributed by atoms with Gasteiger partial charge in [0.15, 0.2) is 11.5 Å². The second kappa shape index (κ2) is 7.39. The van der Waals surface area contributed by atoms with Crippen LogP contribution in [0.25, 0.3) is 6.08 Å². The van der Waals surface area contributed by atoms with Crippen molar-refractivity contribution in [1.29, 1.82) is 0 Å². The van der Waals surface area contributed by atoms with E-state index in [-0.39, 0.29) is 0 Å². The van der Waals surface area contributed by atoms with Crippen LogP contribution in [0.1, 0.15) is 11.1 Å². The highest BCUT2D eigenvalue weighted by atomic mass is 16.5. The Morgan fingerprint density at radius 2 is 1.48 bits per heavy atom. The number of allylic oxidation sites excluding steroid dienone is 1. The monoisotopic (exact) mass is 284 g/mol. The van der Waals surface area contributed by atoms with Crippen molar-refractivity contribution in [3.8, 4) is 17.2 Å². The molecular weight excluding hydrogens is 264 g/mol. The minimum atomic E-state index is 0.707. The lowest BCUT2D eigenvalue weighted by Gasteiger charge is -2.15. The zero-order valence-corrected chi connectivity index (χ0v) is 12.6. The van der Waals surface area contributed by atoms with Crippen LogP contribution < -0.4 is 14.2 Å². The van der Waals surface area contributed by atoms with E-state index >= 15 is 0 Å². The number of hydrogen-bond donors (Lipinski definition) is 0. The molecule has 0 spiro atoms. The molecule has 0 heterocycles. The highest BCUT2D eigenvalue weighted by Gasteiger charge is 2.14. The van der Waals surface area contributed by atoms with Gasteiger partial charge in [0.2, 0.25) is 0 Å². The second-order valence-electron chi connectivity index (χ2n) is 4.50. The molecule has 0 aliphatic rings. The van der Waals surface area contributed by atoms with Crippen LogP contribution in [0, 0.1) is 0 Å². The molecule has 0 aliphatic heterocycles. The zero-order valence-electron chi connectivity index (χ0n) is 12.6. The van der Waals surface area contributed by atoms with Crippen molar-refractivity contribution < 1.29 is 14.2 Å². The molecule has 2 aromatic rings. The Hall–Kier alpha value is -2.42. The summed E-state index contributed by atoms with van der Waals surface area (Å²) < 4.78 is 16.2. The summed E-state index contributed by atoms with van der Waals surface area (Å²) in [7, 11) is 4.93. The van der Waals surface area contributed by atoms with Gasteiger partial charge in [-0.2, -0.15) is 0 Å². The van der Waals surface area contributed by atoms with Crippen LogP contribution in [0.2, 0.25) is 0 Å². The van der Waals surface area contributed by atoms with E-state index in [1.165, 1.54) is 5.56 Å². The molecule has 0 atom stereocenters. The van der Waals surface area contributed by atoms with E-state index in [1.54, 1.807) is 21.3 Å². The van der Waals surface area contributed by atoms with E-state index in [2.05, 4.69) is 24.3 Å². The van der Waals surface area contributed by atoms with Gasteiger partial charge < -0.3 is 14.2 Å². The summed E-state index contributed by atoms with van der Waals surface area (Å²) in [6.45, 7) is 0. The van der Waals surface area contributed by atoms with Crippen molar-refractivity contribution >= 4 is 6.08 Å². The Kier molecular flexibility index (Phi) is 5.27. The summed E-state index contributed by atoms with van der Waals surface area (Å²) in [6, 6.07) is 13.9. The number of ether oxygens (including phenoxy) is 3. The quantitative estimate of drug-likeness (QED) is 0.803. The Balaban J connectivity index is 2.27. The van der Waals surface area contributed by atoms with Gasteiger partial charge in [-0.1, -0.05) is 42.5 Å². The first kappa shape index (κ1) is 15.0. The average Bonchev–Trinajstić information content (AvgIpc) is 2.55. The standard InChI is InChI=1S/C18H20O3/c1-19-16-12-13-17(20-2)18(21-3)15(16)11-7-10-14-8-5-4-6-9-14/h4-10,12-13H,11H2,1-3H3/b10-7+. The Bertz CT molecular complexity index is 603. The molecule has 0 saturated heterocycles. The molecule has 0 unspecified atom stereocenters. The van der Waals surface area contributed by atoms with Gasteiger partial charge in [-0.25, -0.2) is 0 Å². The third-order valence-electron chi connectivity index (χ3n) is 3.26. The normalized spacial score (nSPS) is 10.6. The number of benzene rings is 2. The third kappa shape index (κ3) is 3.57. The minimum absolute atomic E-state index is 0.707. The molecule has 2 aromatic carbocycles. The minimum Gasteiger partial charge on any atom is -0.496 e. The number of hydrogen-bond acceptors (Lipinski definition) is 3. The third-order valence-corrected chi connectivity index (χ3v) is 3.26. The molecule has 0 amide bonds. The van der Waals surface area contributed by atoms with Crippen molar-refractivity contribution in [1.82, 2.24) is 0 Å². The van der Waals surface area contributed by atoms with Crippen LogP contribution in [0.15, 0.2) is 48.5 Å². The molecule has 0 N–H and O–H groups in total. The van der Waals surface area contributed by atoms with E-state index in [4.69, 9.17) is 14.2 Å². The maximum Gasteiger partial charge on any atom is 0.167 e. The summed E-state index contributed by atoms with van der Waals surface area (Å²) in [4.78, 5) is 0. The molecular formula is C18H20O3. The topological polar surface area (TPSA) is 27.7 Å². The van der Waals surface area contributed by atoms with Gasteiger partial charge in [0, 0.05) is 5.56 Å². The fourth-order valence-corrected chi connectivity index (χ4v) is 2.23. The molecule has 0 aliphatic carbocycles. The Labute approximate surface area is 125 Å². The zero-order chi connectivity index (χ0) is 15.1. The average molecular weight is 284 g/mol. The number of methoxy groups -OCH3 is 3. The van der Waals surface area contributed by atoms with Gasteiger partial charge in [-0.05, 0) is 24.1 Å². The van der Waals surface area contributed by atoms with Crippen LogP contribution >= 0.6 is 0 Å². The fourth-order valence-electron chi connectivity index (χ4n) is 2.23. The van der Waals surface area contributed by atoms with Gasteiger partial charge >= 0.3 is 0 Å². The SMILES string of the molecule is COc1ccc(OC)c(OC)c1C/C=C/c1ccccc1. The van der Waals surface area contributed by atoms with E-state index in [9.17, 15) is 0 Å². The van der Waals surface area contributed by atoms with Crippen molar-refractivity contribution in [2.45, 2.75) is 6.42 Å². The van der Waals surface area contributed by atoms with Gasteiger partial charge in [-0.15, -0.1) is 0 Å². The summed E-state index contributed by atoms with van der Waals surface area (Å²) in [5, 5.41) is 0. The molecule has 0 bridgehead atoms. The molecule has 0 fully saturated rings. The summed E-state index contributed by atoms with van der Waals surface area (Å²) >= 11 is 0. The van der Waals surface area contributed by atoms with Crippen LogP contribution in [0.5, 0.6) is 17.2 Å². The van der Waals surface area contributed by atoms with Crippen molar-refractivity contribution in [2.24, 2.45) is 0 Å². The van der Waals surface area contributed by atoms with Crippen molar-refractivity contribution in [2.75, 3.05) is 21.3 Å². The molecule has 0 radical (unpaired) electrons. The summed E-state index contributed by atoms with van der Waals surface area (Å²) in [6.07, 6.45) is 4.88. The maximum atomic E-state index is 5.47. The molecule has 2 rings (SSSR count). The van der Waals surface area contributed by atoms with E-state index in [0.717, 1.165) is 17.1 Å². The van der Waals surface area contributed by atoms with E-state index in [1.807, 2.05) is 30.3 Å². The first-order chi connectivity index (χ1) is 10.3. The molecule has 3 heteroatoms. The summed E-state index contributed by atoms with van der Waals surface area (Å²) in [5.41, 5.74) is 2.14. The van der Waals surface area contributed by atoms with Crippen molar-refractivity contribution in [3.05, 3.63) is 59.7 Å². The lowest BCUT2D eigenvalue weighted by atomic mass is 10.1. The second-order valence-corrected chi connectivity index (χ2v) is 4.50. The van der Waals surface area contributed by atoms with Crippen LogP contribution in [-0.4, -0.2) is 21.3 Å². The first-order valence-electron chi connectivity index (χ1n) is 6.79. The lowest BCUT2D eigenvalue weighted by molar-refractivity contribution is 0.344. The molecule has 110 valence electrons. The first-order valence-corrected chi connectivity index (χ1v) is 6.79. The van der Waals surface area contributed by atoms with Crippen LogP contribution in [0.4, 0.5) is 0 Å². The van der Waals surface area contributed by atoms with Gasteiger partial charge in [0.05, 0.1) is 21.3 Å². The van der Waals surface area contributed by atoms with E-state index < -0.39 is 0 Å².